The fraction of sp³-hybridized carbons (Fsp3) is 0.0833. The Kier molecular flexibility index (Phi) is 4.72. The molecule has 144 valence electrons. The van der Waals surface area contributed by atoms with Gasteiger partial charge in [-0.3, -0.25) is 14.5 Å². The molecular formula is C24H18FNO3. The third kappa shape index (κ3) is 3.31. The van der Waals surface area contributed by atoms with E-state index < -0.39 is 23.5 Å². The molecule has 4 rings (SSSR count). The van der Waals surface area contributed by atoms with Crippen molar-refractivity contribution in [1.82, 2.24) is 0 Å². The molecule has 1 aliphatic heterocycles. The number of carbonyl (C=O) groups excluding carboxylic acids is 2. The average molecular weight is 387 g/mol. The lowest BCUT2D eigenvalue weighted by Gasteiger charge is -2.25. The molecule has 0 saturated carbocycles. The molecule has 1 heterocycles. The van der Waals surface area contributed by atoms with E-state index in [9.17, 15) is 19.1 Å². The van der Waals surface area contributed by atoms with Crippen LogP contribution in [0.5, 0.6) is 0 Å². The normalized spacial score (nSPS) is 18.3. The molecule has 0 spiro atoms. The molecule has 4 nitrogen and oxygen atoms in total. The van der Waals surface area contributed by atoms with E-state index in [1.54, 1.807) is 36.4 Å². The minimum Gasteiger partial charge on any atom is -0.507 e. The van der Waals surface area contributed by atoms with Gasteiger partial charge >= 0.3 is 0 Å². The summed E-state index contributed by atoms with van der Waals surface area (Å²) in [5.41, 5.74) is 2.48. The summed E-state index contributed by atoms with van der Waals surface area (Å²) < 4.78 is 13.4. The zero-order valence-electron chi connectivity index (χ0n) is 15.7. The van der Waals surface area contributed by atoms with Gasteiger partial charge in [0.1, 0.15) is 11.6 Å². The van der Waals surface area contributed by atoms with E-state index in [2.05, 4.69) is 0 Å². The SMILES string of the molecule is Cc1cccc(C2/C(=C(/O)c3ccccc3)C(=O)C(=O)N2c2ccc(F)cc2)c1. The topological polar surface area (TPSA) is 57.6 Å². The van der Waals surface area contributed by atoms with Gasteiger partial charge in [-0.1, -0.05) is 60.2 Å². The van der Waals surface area contributed by atoms with Crippen LogP contribution in [0.4, 0.5) is 10.1 Å². The van der Waals surface area contributed by atoms with Gasteiger partial charge in [-0.2, -0.15) is 0 Å². The third-order valence-electron chi connectivity index (χ3n) is 4.95. The number of Topliss-reactive ketones (excluding diaryl/α,β-unsaturated/α-hetero) is 1. The molecule has 1 aliphatic rings. The lowest BCUT2D eigenvalue weighted by molar-refractivity contribution is -0.132. The van der Waals surface area contributed by atoms with Crippen LogP contribution < -0.4 is 4.90 Å². The second-order valence-electron chi connectivity index (χ2n) is 6.93. The summed E-state index contributed by atoms with van der Waals surface area (Å²) in [5.74, 6) is -2.22. The van der Waals surface area contributed by atoms with E-state index in [0.29, 0.717) is 16.8 Å². The Morgan fingerprint density at radius 2 is 1.62 bits per heavy atom. The standard InChI is InChI=1S/C24H18FNO3/c1-15-6-5-9-17(14-15)21-20(22(27)16-7-3-2-4-8-16)23(28)24(29)26(21)19-12-10-18(25)11-13-19/h2-14,21,27H,1H3/b22-20-. The highest BCUT2D eigenvalue weighted by Gasteiger charge is 2.46. The second-order valence-corrected chi connectivity index (χ2v) is 6.93. The summed E-state index contributed by atoms with van der Waals surface area (Å²) in [6.45, 7) is 1.91. The highest BCUT2D eigenvalue weighted by molar-refractivity contribution is 6.51. The van der Waals surface area contributed by atoms with Crippen LogP contribution in [0.15, 0.2) is 84.4 Å². The summed E-state index contributed by atoms with van der Waals surface area (Å²) in [6, 6.07) is 20.6. The van der Waals surface area contributed by atoms with Crippen molar-refractivity contribution in [2.24, 2.45) is 0 Å². The Bertz CT molecular complexity index is 1120. The van der Waals surface area contributed by atoms with Crippen LogP contribution in [0.25, 0.3) is 5.76 Å². The monoisotopic (exact) mass is 387 g/mol. The summed E-state index contributed by atoms with van der Waals surface area (Å²) in [4.78, 5) is 27.2. The van der Waals surface area contributed by atoms with Gasteiger partial charge < -0.3 is 5.11 Å². The van der Waals surface area contributed by atoms with Gasteiger partial charge in [0.05, 0.1) is 11.6 Å². The minimum atomic E-state index is -0.819. The van der Waals surface area contributed by atoms with Gasteiger partial charge in [0.2, 0.25) is 0 Å². The third-order valence-corrected chi connectivity index (χ3v) is 4.95. The van der Waals surface area contributed by atoms with Crippen molar-refractivity contribution in [3.63, 3.8) is 0 Å². The van der Waals surface area contributed by atoms with E-state index in [0.717, 1.165) is 5.56 Å². The van der Waals surface area contributed by atoms with Crippen molar-refractivity contribution in [1.29, 1.82) is 0 Å². The van der Waals surface area contributed by atoms with Crippen LogP contribution in [0, 0.1) is 12.7 Å². The minimum absolute atomic E-state index is 0.0103. The van der Waals surface area contributed by atoms with Gasteiger partial charge in [0.15, 0.2) is 0 Å². The number of hydrogen-bond acceptors (Lipinski definition) is 3. The molecule has 3 aromatic rings. The molecule has 0 bridgehead atoms. The van der Waals surface area contributed by atoms with E-state index in [1.165, 1.54) is 29.2 Å². The first-order chi connectivity index (χ1) is 14.0. The Morgan fingerprint density at radius 3 is 2.28 bits per heavy atom. The number of nitrogens with zero attached hydrogens (tertiary/aromatic N) is 1. The molecule has 1 saturated heterocycles. The number of aryl methyl sites for hydroxylation is 1. The van der Waals surface area contributed by atoms with Gasteiger partial charge in [-0.05, 0) is 36.8 Å². The molecule has 29 heavy (non-hydrogen) atoms. The van der Waals surface area contributed by atoms with Crippen molar-refractivity contribution in [3.8, 4) is 0 Å². The van der Waals surface area contributed by atoms with Crippen molar-refractivity contribution in [3.05, 3.63) is 107 Å². The van der Waals surface area contributed by atoms with Crippen LogP contribution in [0.3, 0.4) is 0 Å². The van der Waals surface area contributed by atoms with Gasteiger partial charge in [0.25, 0.3) is 11.7 Å². The number of hydrogen-bond donors (Lipinski definition) is 1. The zero-order chi connectivity index (χ0) is 20.5. The van der Waals surface area contributed by atoms with Gasteiger partial charge in [-0.25, -0.2) is 4.39 Å². The van der Waals surface area contributed by atoms with Gasteiger partial charge in [-0.15, -0.1) is 0 Å². The quantitative estimate of drug-likeness (QED) is 0.400. The van der Waals surface area contributed by atoms with E-state index in [-0.39, 0.29) is 11.3 Å². The number of halogens is 1. The number of rotatable bonds is 3. The van der Waals surface area contributed by atoms with Crippen LogP contribution in [0.2, 0.25) is 0 Å². The van der Waals surface area contributed by atoms with Crippen molar-refractivity contribution in [2.75, 3.05) is 4.90 Å². The molecular weight excluding hydrogens is 369 g/mol. The zero-order valence-corrected chi connectivity index (χ0v) is 15.7. The Hall–Kier alpha value is -3.73. The highest BCUT2D eigenvalue weighted by atomic mass is 19.1. The number of anilines is 1. The summed E-state index contributed by atoms with van der Waals surface area (Å²) in [6.07, 6.45) is 0. The molecule has 1 N–H and O–H groups in total. The number of aliphatic hydroxyl groups excluding tert-OH is 1. The maximum absolute atomic E-state index is 13.4. The van der Waals surface area contributed by atoms with Crippen LogP contribution in [-0.2, 0) is 9.59 Å². The first-order valence-corrected chi connectivity index (χ1v) is 9.16. The highest BCUT2D eigenvalue weighted by Crippen LogP contribution is 2.42. The second kappa shape index (κ2) is 7.36. The van der Waals surface area contributed by atoms with Crippen molar-refractivity contribution >= 4 is 23.1 Å². The number of ketones is 1. The Balaban J connectivity index is 1.96. The van der Waals surface area contributed by atoms with Crippen LogP contribution in [0.1, 0.15) is 22.7 Å². The van der Waals surface area contributed by atoms with Crippen LogP contribution >= 0.6 is 0 Å². The molecule has 0 radical (unpaired) electrons. The first kappa shape index (κ1) is 18.6. The predicted molar refractivity (Wildman–Crippen MR) is 109 cm³/mol. The fourth-order valence-corrected chi connectivity index (χ4v) is 3.61. The summed E-state index contributed by atoms with van der Waals surface area (Å²) in [5, 5.41) is 10.9. The molecule has 1 amide bonds. The number of aliphatic hydroxyl groups is 1. The van der Waals surface area contributed by atoms with Crippen LogP contribution in [-0.4, -0.2) is 16.8 Å². The maximum atomic E-state index is 13.4. The first-order valence-electron chi connectivity index (χ1n) is 9.16. The molecule has 3 aromatic carbocycles. The number of benzene rings is 3. The van der Waals surface area contributed by atoms with Gasteiger partial charge in [0, 0.05) is 11.3 Å². The summed E-state index contributed by atoms with van der Waals surface area (Å²) in [7, 11) is 0. The number of carbonyl (C=O) groups is 2. The summed E-state index contributed by atoms with van der Waals surface area (Å²) >= 11 is 0. The molecule has 1 unspecified atom stereocenters. The lowest BCUT2D eigenvalue weighted by atomic mass is 9.94. The number of amides is 1. The Morgan fingerprint density at radius 1 is 0.931 bits per heavy atom. The van der Waals surface area contributed by atoms with E-state index in [4.69, 9.17) is 0 Å². The molecule has 1 atom stereocenters. The molecule has 0 aromatic heterocycles. The Labute approximate surface area is 167 Å². The van der Waals surface area contributed by atoms with E-state index >= 15 is 0 Å². The molecule has 1 fully saturated rings. The predicted octanol–water partition coefficient (Wildman–Crippen LogP) is 4.76. The van der Waals surface area contributed by atoms with Crippen molar-refractivity contribution in [2.45, 2.75) is 13.0 Å². The molecule has 0 aliphatic carbocycles. The smallest absolute Gasteiger partial charge is 0.300 e. The lowest BCUT2D eigenvalue weighted by Crippen LogP contribution is -2.29. The largest absolute Gasteiger partial charge is 0.507 e. The fourth-order valence-electron chi connectivity index (χ4n) is 3.61. The van der Waals surface area contributed by atoms with E-state index in [1.807, 2.05) is 25.1 Å². The average Bonchev–Trinajstić information content (AvgIpc) is 3.00. The molecule has 5 heteroatoms. The maximum Gasteiger partial charge on any atom is 0.300 e. The van der Waals surface area contributed by atoms with Crippen molar-refractivity contribution < 1.29 is 19.1 Å².